The first kappa shape index (κ1) is 17.5. The summed E-state index contributed by atoms with van der Waals surface area (Å²) in [7, 11) is 0. The number of aliphatic hydroxyl groups is 4. The van der Waals surface area contributed by atoms with E-state index >= 15 is 0 Å². The zero-order valence-electron chi connectivity index (χ0n) is 13.2. The standard InChI is InChI=1S/C15H29N3O4/c1-2-3-4-5-6-7-8-16-15-17-9-10-11(19)12(20)13(21)14(22)18(10)15/h10-14,19-22H,2-9H2,1H3,(H,16,17). The van der Waals surface area contributed by atoms with Gasteiger partial charge in [0.2, 0.25) is 0 Å². The van der Waals surface area contributed by atoms with Crippen molar-refractivity contribution in [3.8, 4) is 0 Å². The van der Waals surface area contributed by atoms with E-state index in [0.717, 1.165) is 19.4 Å². The molecule has 5 unspecified atom stereocenters. The highest BCUT2D eigenvalue weighted by Gasteiger charge is 2.50. The van der Waals surface area contributed by atoms with Gasteiger partial charge in [-0.3, -0.25) is 4.99 Å². The van der Waals surface area contributed by atoms with Gasteiger partial charge in [-0.2, -0.15) is 0 Å². The Hall–Kier alpha value is -0.890. The second-order valence-electron chi connectivity index (χ2n) is 6.22. The summed E-state index contributed by atoms with van der Waals surface area (Å²) >= 11 is 0. The van der Waals surface area contributed by atoms with Gasteiger partial charge in [0.15, 0.2) is 12.2 Å². The third-order valence-electron chi connectivity index (χ3n) is 4.53. The van der Waals surface area contributed by atoms with E-state index in [1.54, 1.807) is 0 Å². The third-order valence-corrected chi connectivity index (χ3v) is 4.53. The number of rotatable bonds is 7. The Morgan fingerprint density at radius 2 is 1.68 bits per heavy atom. The number of unbranched alkanes of at least 4 members (excludes halogenated alkanes) is 5. The van der Waals surface area contributed by atoms with Crippen LogP contribution in [0.25, 0.3) is 0 Å². The Morgan fingerprint density at radius 3 is 2.41 bits per heavy atom. The SMILES string of the molecule is CCCCCCCCNC1=NCC2C(O)C(O)C(O)C(O)N12. The maximum absolute atomic E-state index is 10.1. The van der Waals surface area contributed by atoms with Crippen molar-refractivity contribution in [3.63, 3.8) is 0 Å². The van der Waals surface area contributed by atoms with Gasteiger partial charge in [-0.05, 0) is 6.42 Å². The van der Waals surface area contributed by atoms with Crippen LogP contribution in [0.15, 0.2) is 4.99 Å². The Labute approximate surface area is 131 Å². The first-order valence-electron chi connectivity index (χ1n) is 8.36. The fraction of sp³-hybridized carbons (Fsp3) is 0.933. The molecule has 0 radical (unpaired) electrons. The second-order valence-corrected chi connectivity index (χ2v) is 6.22. The van der Waals surface area contributed by atoms with E-state index < -0.39 is 30.6 Å². The molecule has 5 atom stereocenters. The van der Waals surface area contributed by atoms with Crippen LogP contribution in [0.1, 0.15) is 45.4 Å². The molecule has 128 valence electrons. The summed E-state index contributed by atoms with van der Waals surface area (Å²) in [5, 5.41) is 42.7. The molecule has 2 aliphatic heterocycles. The van der Waals surface area contributed by atoms with Crippen molar-refractivity contribution < 1.29 is 20.4 Å². The number of fused-ring (bicyclic) bond motifs is 1. The molecule has 2 aliphatic rings. The van der Waals surface area contributed by atoms with E-state index in [4.69, 9.17) is 0 Å². The molecule has 0 aromatic rings. The molecule has 0 saturated carbocycles. The van der Waals surface area contributed by atoms with Crippen LogP contribution in [0.3, 0.4) is 0 Å². The second kappa shape index (κ2) is 8.10. The molecule has 0 aliphatic carbocycles. The highest BCUT2D eigenvalue weighted by atomic mass is 16.4. The number of hydrogen-bond acceptors (Lipinski definition) is 7. The average molecular weight is 315 g/mol. The van der Waals surface area contributed by atoms with E-state index in [-0.39, 0.29) is 0 Å². The Bertz CT molecular complexity index is 380. The fourth-order valence-corrected chi connectivity index (χ4v) is 3.12. The highest BCUT2D eigenvalue weighted by Crippen LogP contribution is 2.27. The maximum Gasteiger partial charge on any atom is 0.196 e. The zero-order valence-corrected chi connectivity index (χ0v) is 13.2. The normalized spacial score (nSPS) is 34.5. The quantitative estimate of drug-likeness (QED) is 0.401. The predicted octanol–water partition coefficient (Wildman–Crippen LogP) is -0.609. The molecular weight excluding hydrogens is 286 g/mol. The molecule has 0 bridgehead atoms. The van der Waals surface area contributed by atoms with Crippen LogP contribution in [0, 0.1) is 0 Å². The van der Waals surface area contributed by atoms with Crippen LogP contribution in [-0.2, 0) is 0 Å². The minimum atomic E-state index is -1.40. The van der Waals surface area contributed by atoms with Crippen LogP contribution >= 0.6 is 0 Å². The van der Waals surface area contributed by atoms with Gasteiger partial charge in [0.05, 0.1) is 12.6 Å². The number of aliphatic hydroxyl groups excluding tert-OH is 4. The molecule has 7 heteroatoms. The van der Waals surface area contributed by atoms with Gasteiger partial charge in [-0.1, -0.05) is 39.0 Å². The summed E-state index contributed by atoms with van der Waals surface area (Å²) < 4.78 is 0. The monoisotopic (exact) mass is 315 g/mol. The zero-order chi connectivity index (χ0) is 16.1. The first-order valence-corrected chi connectivity index (χ1v) is 8.36. The predicted molar refractivity (Wildman–Crippen MR) is 83.3 cm³/mol. The van der Waals surface area contributed by atoms with Crippen molar-refractivity contribution in [2.75, 3.05) is 13.1 Å². The van der Waals surface area contributed by atoms with Gasteiger partial charge in [0.25, 0.3) is 0 Å². The lowest BCUT2D eigenvalue weighted by molar-refractivity contribution is -0.192. The molecule has 22 heavy (non-hydrogen) atoms. The minimum absolute atomic E-state index is 0.306. The molecule has 0 aromatic heterocycles. The lowest BCUT2D eigenvalue weighted by Gasteiger charge is -2.44. The third kappa shape index (κ3) is 3.71. The lowest BCUT2D eigenvalue weighted by atomic mass is 9.93. The number of hydrogen-bond donors (Lipinski definition) is 5. The molecule has 0 spiro atoms. The van der Waals surface area contributed by atoms with Crippen molar-refractivity contribution in [1.82, 2.24) is 10.2 Å². The van der Waals surface area contributed by atoms with Gasteiger partial charge in [0.1, 0.15) is 18.3 Å². The Morgan fingerprint density at radius 1 is 1.00 bits per heavy atom. The number of piperidine rings is 1. The summed E-state index contributed by atoms with van der Waals surface area (Å²) in [6, 6.07) is -0.486. The molecule has 1 saturated heterocycles. The molecule has 2 rings (SSSR count). The van der Waals surface area contributed by atoms with Crippen molar-refractivity contribution >= 4 is 5.96 Å². The van der Waals surface area contributed by atoms with Crippen LogP contribution < -0.4 is 5.32 Å². The average Bonchev–Trinajstić information content (AvgIpc) is 2.94. The largest absolute Gasteiger partial charge is 0.388 e. The summed E-state index contributed by atoms with van der Waals surface area (Å²) in [5.41, 5.74) is 0. The van der Waals surface area contributed by atoms with Gasteiger partial charge in [-0.15, -0.1) is 0 Å². The highest BCUT2D eigenvalue weighted by molar-refractivity contribution is 5.82. The molecule has 2 heterocycles. The van der Waals surface area contributed by atoms with Crippen LogP contribution in [0.4, 0.5) is 0 Å². The number of nitrogens with zero attached hydrogens (tertiary/aromatic N) is 2. The lowest BCUT2D eigenvalue weighted by Crippen LogP contribution is -2.67. The van der Waals surface area contributed by atoms with Gasteiger partial charge in [0, 0.05) is 6.54 Å². The Balaban J connectivity index is 1.76. The van der Waals surface area contributed by atoms with Crippen molar-refractivity contribution in [2.24, 2.45) is 4.99 Å². The van der Waals surface area contributed by atoms with Crippen molar-refractivity contribution in [2.45, 2.75) is 76.0 Å². The number of nitrogens with one attached hydrogen (secondary N) is 1. The molecular formula is C15H29N3O4. The molecule has 0 aromatic carbocycles. The van der Waals surface area contributed by atoms with Crippen LogP contribution in [0.2, 0.25) is 0 Å². The number of aliphatic imine (C=N–C) groups is 1. The van der Waals surface area contributed by atoms with Crippen LogP contribution in [0.5, 0.6) is 0 Å². The molecule has 1 fully saturated rings. The smallest absolute Gasteiger partial charge is 0.196 e. The molecule has 0 amide bonds. The van der Waals surface area contributed by atoms with E-state index in [1.807, 2.05) is 0 Å². The summed E-state index contributed by atoms with van der Waals surface area (Å²) in [5.74, 6) is 0.496. The fourth-order valence-electron chi connectivity index (χ4n) is 3.12. The van der Waals surface area contributed by atoms with Crippen LogP contribution in [-0.4, -0.2) is 75.0 Å². The Kier molecular flexibility index (Phi) is 6.43. The van der Waals surface area contributed by atoms with Crippen molar-refractivity contribution in [1.29, 1.82) is 0 Å². The van der Waals surface area contributed by atoms with Crippen molar-refractivity contribution in [3.05, 3.63) is 0 Å². The maximum atomic E-state index is 10.1. The molecule has 7 nitrogen and oxygen atoms in total. The van der Waals surface area contributed by atoms with E-state index in [1.165, 1.54) is 30.6 Å². The van der Waals surface area contributed by atoms with Gasteiger partial charge < -0.3 is 30.6 Å². The molecule has 5 N–H and O–H groups in total. The summed E-state index contributed by atoms with van der Waals surface area (Å²) in [4.78, 5) is 5.77. The van der Waals surface area contributed by atoms with E-state index in [0.29, 0.717) is 12.5 Å². The van der Waals surface area contributed by atoms with Gasteiger partial charge in [-0.25, -0.2) is 0 Å². The topological polar surface area (TPSA) is 109 Å². The van der Waals surface area contributed by atoms with E-state index in [2.05, 4.69) is 17.2 Å². The first-order chi connectivity index (χ1) is 10.6. The summed E-state index contributed by atoms with van der Waals surface area (Å²) in [6.45, 7) is 3.25. The van der Waals surface area contributed by atoms with Gasteiger partial charge >= 0.3 is 0 Å². The summed E-state index contributed by atoms with van der Waals surface area (Å²) in [6.07, 6.45) is 2.06. The minimum Gasteiger partial charge on any atom is -0.388 e. The number of guanidine groups is 1. The van der Waals surface area contributed by atoms with E-state index in [9.17, 15) is 20.4 Å².